The van der Waals surface area contributed by atoms with E-state index in [9.17, 15) is 12.8 Å². The van der Waals surface area contributed by atoms with Gasteiger partial charge in [-0.1, -0.05) is 30.3 Å². The van der Waals surface area contributed by atoms with Gasteiger partial charge in [0.2, 0.25) is 10.0 Å². The number of hydrogen-bond acceptors (Lipinski definition) is 4. The van der Waals surface area contributed by atoms with Crippen LogP contribution in [0.15, 0.2) is 59.5 Å². The van der Waals surface area contributed by atoms with Crippen molar-refractivity contribution in [1.82, 2.24) is 19.9 Å². The van der Waals surface area contributed by atoms with E-state index in [1.165, 1.54) is 24.3 Å². The monoisotopic (exact) mass is 360 g/mol. The van der Waals surface area contributed by atoms with Gasteiger partial charge in [-0.05, 0) is 29.8 Å². The van der Waals surface area contributed by atoms with Gasteiger partial charge >= 0.3 is 0 Å². The average molecular weight is 360 g/mol. The molecule has 6 nitrogen and oxygen atoms in total. The molecule has 1 aromatic heterocycles. The molecule has 0 aliphatic rings. The van der Waals surface area contributed by atoms with Gasteiger partial charge in [-0.15, -0.1) is 0 Å². The van der Waals surface area contributed by atoms with Crippen molar-refractivity contribution in [2.45, 2.75) is 17.7 Å². The molecule has 0 radical (unpaired) electrons. The van der Waals surface area contributed by atoms with E-state index >= 15 is 0 Å². The third kappa shape index (κ3) is 4.71. The van der Waals surface area contributed by atoms with Crippen LogP contribution in [0.25, 0.3) is 0 Å². The lowest BCUT2D eigenvalue weighted by atomic mass is 10.1. The fraction of sp³-hybridized carbons (Fsp3) is 0.176. The minimum atomic E-state index is -3.53. The second kappa shape index (κ2) is 7.54. The Balaban J connectivity index is 1.55. The Labute approximate surface area is 145 Å². The third-order valence-electron chi connectivity index (χ3n) is 3.53. The van der Waals surface area contributed by atoms with Crippen molar-refractivity contribution in [3.05, 3.63) is 77.6 Å². The first-order valence-corrected chi connectivity index (χ1v) is 9.20. The molecule has 130 valence electrons. The third-order valence-corrected chi connectivity index (χ3v) is 5.01. The first-order chi connectivity index (χ1) is 12.0. The molecule has 0 saturated heterocycles. The molecule has 0 spiro atoms. The summed E-state index contributed by atoms with van der Waals surface area (Å²) >= 11 is 0. The summed E-state index contributed by atoms with van der Waals surface area (Å²) in [4.78, 5) is 4.52. The van der Waals surface area contributed by atoms with Crippen LogP contribution in [0.4, 0.5) is 4.39 Å². The number of benzene rings is 2. The summed E-state index contributed by atoms with van der Waals surface area (Å²) in [5, 5.41) is 6.85. The van der Waals surface area contributed by atoms with E-state index in [1.807, 2.05) is 0 Å². The minimum Gasteiger partial charge on any atom is -0.263 e. The Morgan fingerprint density at radius 2 is 1.88 bits per heavy atom. The molecule has 3 aromatic rings. The number of halogens is 1. The van der Waals surface area contributed by atoms with Gasteiger partial charge in [0.1, 0.15) is 11.6 Å². The second-order valence-electron chi connectivity index (χ2n) is 5.47. The quantitative estimate of drug-likeness (QED) is 0.675. The summed E-state index contributed by atoms with van der Waals surface area (Å²) in [5.74, 6) is 0.807. The molecule has 0 aliphatic heterocycles. The fourth-order valence-electron chi connectivity index (χ4n) is 2.35. The highest BCUT2D eigenvalue weighted by atomic mass is 32.2. The largest absolute Gasteiger partial charge is 0.263 e. The molecule has 3 rings (SSSR count). The summed E-state index contributed by atoms with van der Waals surface area (Å²) in [5.41, 5.74) is 0.785. The van der Waals surface area contributed by atoms with Gasteiger partial charge in [-0.25, -0.2) is 22.5 Å². The van der Waals surface area contributed by atoms with E-state index in [-0.39, 0.29) is 17.3 Å². The predicted molar refractivity (Wildman–Crippen MR) is 90.9 cm³/mol. The molecule has 0 amide bonds. The Kier molecular flexibility index (Phi) is 5.20. The SMILES string of the molecule is O=S(=O)(NCCc1n[nH]c(Cc2cccc(F)c2)n1)c1ccccc1. The first-order valence-electron chi connectivity index (χ1n) is 7.72. The van der Waals surface area contributed by atoms with Gasteiger partial charge in [0.05, 0.1) is 4.90 Å². The molecule has 8 heteroatoms. The van der Waals surface area contributed by atoms with Gasteiger partial charge in [0, 0.05) is 19.4 Å². The Morgan fingerprint density at radius 3 is 2.64 bits per heavy atom. The van der Waals surface area contributed by atoms with Crippen LogP contribution in [0.3, 0.4) is 0 Å². The summed E-state index contributed by atoms with van der Waals surface area (Å²) in [7, 11) is -3.53. The van der Waals surface area contributed by atoms with E-state index < -0.39 is 10.0 Å². The van der Waals surface area contributed by atoms with Gasteiger partial charge in [-0.2, -0.15) is 5.10 Å². The predicted octanol–water partition coefficient (Wildman–Crippen LogP) is 2.06. The number of hydrogen-bond donors (Lipinski definition) is 2. The molecule has 25 heavy (non-hydrogen) atoms. The van der Waals surface area contributed by atoms with Gasteiger partial charge in [-0.3, -0.25) is 5.10 Å². The Bertz CT molecular complexity index is 942. The zero-order valence-electron chi connectivity index (χ0n) is 13.3. The molecule has 1 heterocycles. The van der Waals surface area contributed by atoms with Crippen LogP contribution >= 0.6 is 0 Å². The molecule has 0 atom stereocenters. The Morgan fingerprint density at radius 1 is 1.08 bits per heavy atom. The lowest BCUT2D eigenvalue weighted by molar-refractivity contribution is 0.581. The molecule has 0 bridgehead atoms. The van der Waals surface area contributed by atoms with Crippen LogP contribution in [-0.2, 0) is 22.9 Å². The number of nitrogens with one attached hydrogen (secondary N) is 2. The lowest BCUT2D eigenvalue weighted by Crippen LogP contribution is -2.26. The van der Waals surface area contributed by atoms with Crippen LogP contribution < -0.4 is 4.72 Å². The van der Waals surface area contributed by atoms with E-state index in [1.54, 1.807) is 30.3 Å². The van der Waals surface area contributed by atoms with E-state index in [0.29, 0.717) is 24.5 Å². The highest BCUT2D eigenvalue weighted by molar-refractivity contribution is 7.89. The van der Waals surface area contributed by atoms with Gasteiger partial charge in [0.25, 0.3) is 0 Å². The Hall–Kier alpha value is -2.58. The molecular weight excluding hydrogens is 343 g/mol. The summed E-state index contributed by atoms with van der Waals surface area (Å²) in [6, 6.07) is 14.4. The topological polar surface area (TPSA) is 87.7 Å². The lowest BCUT2D eigenvalue weighted by Gasteiger charge is -2.04. The van der Waals surface area contributed by atoms with Gasteiger partial charge in [0.15, 0.2) is 5.82 Å². The van der Waals surface area contributed by atoms with Crippen molar-refractivity contribution in [3.8, 4) is 0 Å². The standard InChI is InChI=1S/C17H17FN4O2S/c18-14-6-4-5-13(11-14)12-17-20-16(21-22-17)9-10-19-25(23,24)15-7-2-1-3-8-15/h1-8,11,19H,9-10,12H2,(H,20,21,22). The molecule has 0 unspecified atom stereocenters. The van der Waals surface area contributed by atoms with Crippen LogP contribution in [0.2, 0.25) is 0 Å². The molecule has 0 fully saturated rings. The van der Waals surface area contributed by atoms with Crippen molar-refractivity contribution >= 4 is 10.0 Å². The number of nitrogens with zero attached hydrogens (tertiary/aromatic N) is 2. The molecule has 2 N–H and O–H groups in total. The molecular formula is C17H17FN4O2S. The number of rotatable bonds is 7. The zero-order valence-corrected chi connectivity index (χ0v) is 14.1. The average Bonchev–Trinajstić information content (AvgIpc) is 3.03. The fourth-order valence-corrected chi connectivity index (χ4v) is 3.40. The van der Waals surface area contributed by atoms with E-state index in [4.69, 9.17) is 0 Å². The molecule has 0 aliphatic carbocycles. The normalized spacial score (nSPS) is 11.6. The maximum Gasteiger partial charge on any atom is 0.240 e. The minimum absolute atomic E-state index is 0.189. The van der Waals surface area contributed by atoms with Crippen molar-refractivity contribution in [1.29, 1.82) is 0 Å². The summed E-state index contributed by atoms with van der Waals surface area (Å²) in [6.07, 6.45) is 0.784. The highest BCUT2D eigenvalue weighted by Gasteiger charge is 2.13. The van der Waals surface area contributed by atoms with E-state index in [0.717, 1.165) is 5.56 Å². The van der Waals surface area contributed by atoms with Crippen molar-refractivity contribution in [3.63, 3.8) is 0 Å². The molecule has 0 saturated carbocycles. The maximum absolute atomic E-state index is 13.2. The van der Waals surface area contributed by atoms with Crippen LogP contribution in [0.5, 0.6) is 0 Å². The highest BCUT2D eigenvalue weighted by Crippen LogP contribution is 2.09. The first kappa shape index (κ1) is 17.2. The van der Waals surface area contributed by atoms with Crippen LogP contribution in [-0.4, -0.2) is 30.1 Å². The number of sulfonamides is 1. The van der Waals surface area contributed by atoms with Crippen LogP contribution in [0, 0.1) is 5.82 Å². The molecule has 2 aromatic carbocycles. The zero-order chi connectivity index (χ0) is 17.7. The smallest absolute Gasteiger partial charge is 0.240 e. The van der Waals surface area contributed by atoms with Crippen molar-refractivity contribution < 1.29 is 12.8 Å². The van der Waals surface area contributed by atoms with Crippen molar-refractivity contribution in [2.24, 2.45) is 0 Å². The second-order valence-corrected chi connectivity index (χ2v) is 7.23. The number of aromatic nitrogens is 3. The number of H-pyrrole nitrogens is 1. The van der Waals surface area contributed by atoms with Gasteiger partial charge < -0.3 is 0 Å². The van der Waals surface area contributed by atoms with Crippen LogP contribution in [0.1, 0.15) is 17.2 Å². The summed E-state index contributed by atoms with van der Waals surface area (Å²) < 4.78 is 39.9. The summed E-state index contributed by atoms with van der Waals surface area (Å²) in [6.45, 7) is 0.189. The number of aromatic amines is 1. The van der Waals surface area contributed by atoms with E-state index in [2.05, 4.69) is 19.9 Å². The maximum atomic E-state index is 13.2. The van der Waals surface area contributed by atoms with Crippen molar-refractivity contribution in [2.75, 3.05) is 6.54 Å².